The van der Waals surface area contributed by atoms with E-state index >= 15 is 0 Å². The third kappa shape index (κ3) is 3.67. The van der Waals surface area contributed by atoms with Crippen molar-refractivity contribution in [1.82, 2.24) is 25.8 Å². The lowest BCUT2D eigenvalue weighted by Gasteiger charge is -2.13. The molecule has 0 bridgehead atoms. The van der Waals surface area contributed by atoms with E-state index in [0.717, 1.165) is 17.6 Å². The Morgan fingerprint density at radius 2 is 2.23 bits per heavy atom. The summed E-state index contributed by atoms with van der Waals surface area (Å²) in [5.74, 6) is -0.120. The number of halogens is 2. The zero-order valence-electron chi connectivity index (χ0n) is 12.0. The summed E-state index contributed by atoms with van der Waals surface area (Å²) in [5, 5.41) is 23.3. The Morgan fingerprint density at radius 1 is 1.45 bits per heavy atom. The van der Waals surface area contributed by atoms with E-state index in [1.807, 2.05) is 6.92 Å². The fraction of sp³-hybridized carbons (Fsp3) is 0.462. The molecule has 9 heteroatoms. The molecule has 2 aromatic rings. The number of rotatable bonds is 3. The highest BCUT2D eigenvalue weighted by molar-refractivity contribution is 5.97. The Hall–Kier alpha value is -1.41. The predicted octanol–water partition coefficient (Wildman–Crippen LogP) is 0.420. The quantitative estimate of drug-likeness (QED) is 0.644. The van der Waals surface area contributed by atoms with Crippen LogP contribution in [0.5, 0.6) is 0 Å². The fourth-order valence-corrected chi connectivity index (χ4v) is 2.40. The molecule has 1 aliphatic heterocycles. The number of carbonyl (C=O) groups is 1. The number of nitrogens with zero attached hydrogens (tertiary/aromatic N) is 2. The van der Waals surface area contributed by atoms with Crippen molar-refractivity contribution in [3.8, 4) is 0 Å². The number of hydrogen-bond donors (Lipinski definition) is 4. The molecule has 122 valence electrons. The molecule has 1 aliphatic rings. The minimum Gasteiger partial charge on any atom is -0.391 e. The van der Waals surface area contributed by atoms with Gasteiger partial charge in [0.05, 0.1) is 11.7 Å². The molecule has 2 atom stereocenters. The zero-order chi connectivity index (χ0) is 14.1. The molecule has 2 aromatic heterocycles. The molecule has 0 aromatic carbocycles. The van der Waals surface area contributed by atoms with Gasteiger partial charge in [0.1, 0.15) is 0 Å². The van der Waals surface area contributed by atoms with Crippen molar-refractivity contribution in [2.45, 2.75) is 13.0 Å². The maximum absolute atomic E-state index is 12.1. The summed E-state index contributed by atoms with van der Waals surface area (Å²) in [6, 6.07) is 1.78. The van der Waals surface area contributed by atoms with Crippen molar-refractivity contribution >= 4 is 41.8 Å². The SMILES string of the molecule is Cc1[nH]nc2ncc(C(=O)NCC3CNCC3O)cc12.Cl.Cl. The number of pyridine rings is 1. The first kappa shape index (κ1) is 18.6. The number of H-pyrrole nitrogens is 1. The third-order valence-corrected chi connectivity index (χ3v) is 3.69. The maximum Gasteiger partial charge on any atom is 0.252 e. The normalized spacial score (nSPS) is 20.3. The van der Waals surface area contributed by atoms with E-state index in [-0.39, 0.29) is 36.6 Å². The van der Waals surface area contributed by atoms with Crippen LogP contribution in [0.1, 0.15) is 16.1 Å². The van der Waals surface area contributed by atoms with E-state index < -0.39 is 6.10 Å². The lowest BCUT2D eigenvalue weighted by molar-refractivity contribution is 0.0927. The van der Waals surface area contributed by atoms with Gasteiger partial charge >= 0.3 is 0 Å². The second kappa shape index (κ2) is 7.73. The van der Waals surface area contributed by atoms with Gasteiger partial charge in [-0.2, -0.15) is 5.10 Å². The summed E-state index contributed by atoms with van der Waals surface area (Å²) in [6.07, 6.45) is 1.12. The van der Waals surface area contributed by atoms with E-state index in [4.69, 9.17) is 0 Å². The molecule has 2 unspecified atom stereocenters. The van der Waals surface area contributed by atoms with Crippen LogP contribution in [-0.2, 0) is 0 Å². The molecule has 0 radical (unpaired) electrons. The lowest BCUT2D eigenvalue weighted by atomic mass is 10.1. The monoisotopic (exact) mass is 347 g/mol. The Kier molecular flexibility index (Phi) is 6.55. The Bertz CT molecular complexity index is 648. The highest BCUT2D eigenvalue weighted by Gasteiger charge is 2.25. The van der Waals surface area contributed by atoms with Crippen LogP contribution in [0.2, 0.25) is 0 Å². The number of fused-ring (bicyclic) bond motifs is 1. The van der Waals surface area contributed by atoms with Crippen molar-refractivity contribution in [3.63, 3.8) is 0 Å². The van der Waals surface area contributed by atoms with Gasteiger partial charge in [0.2, 0.25) is 0 Å². The van der Waals surface area contributed by atoms with E-state index in [0.29, 0.717) is 24.3 Å². The van der Waals surface area contributed by atoms with Crippen LogP contribution in [0.4, 0.5) is 0 Å². The fourth-order valence-electron chi connectivity index (χ4n) is 2.40. The van der Waals surface area contributed by atoms with Crippen LogP contribution in [-0.4, -0.2) is 51.9 Å². The van der Waals surface area contributed by atoms with Gasteiger partial charge in [-0.05, 0) is 13.0 Å². The molecule has 22 heavy (non-hydrogen) atoms. The molecule has 0 spiro atoms. The second-order valence-corrected chi connectivity index (χ2v) is 5.14. The first-order valence-corrected chi connectivity index (χ1v) is 6.63. The third-order valence-electron chi connectivity index (χ3n) is 3.69. The predicted molar refractivity (Wildman–Crippen MR) is 87.8 cm³/mol. The number of aliphatic hydroxyl groups excluding tert-OH is 1. The van der Waals surface area contributed by atoms with Crippen molar-refractivity contribution in [2.75, 3.05) is 19.6 Å². The Labute approximate surface area is 140 Å². The second-order valence-electron chi connectivity index (χ2n) is 5.14. The minimum absolute atomic E-state index is 0. The Balaban J connectivity index is 0.00000121. The van der Waals surface area contributed by atoms with Crippen molar-refractivity contribution in [1.29, 1.82) is 0 Å². The van der Waals surface area contributed by atoms with Gasteiger partial charge in [0.25, 0.3) is 5.91 Å². The number of nitrogens with one attached hydrogen (secondary N) is 3. The molecule has 3 rings (SSSR count). The van der Waals surface area contributed by atoms with Crippen LogP contribution >= 0.6 is 24.8 Å². The van der Waals surface area contributed by atoms with E-state index in [1.54, 1.807) is 6.07 Å². The average molecular weight is 348 g/mol. The number of aromatic amines is 1. The molecule has 1 saturated heterocycles. The Morgan fingerprint density at radius 3 is 2.91 bits per heavy atom. The summed E-state index contributed by atoms with van der Waals surface area (Å²) >= 11 is 0. The van der Waals surface area contributed by atoms with Gasteiger partial charge in [-0.25, -0.2) is 4.98 Å². The number of β-amino-alcohol motifs (C(OH)–C–C–N with tert-alkyl or cyclic N) is 1. The van der Waals surface area contributed by atoms with Crippen LogP contribution in [0.15, 0.2) is 12.3 Å². The molecule has 7 nitrogen and oxygen atoms in total. The molecule has 3 heterocycles. The number of carbonyl (C=O) groups excluding carboxylic acids is 1. The topological polar surface area (TPSA) is 103 Å². The first-order chi connectivity index (χ1) is 9.65. The summed E-state index contributed by atoms with van der Waals surface area (Å²) < 4.78 is 0. The van der Waals surface area contributed by atoms with Gasteiger partial charge < -0.3 is 15.7 Å². The lowest BCUT2D eigenvalue weighted by Crippen LogP contribution is -2.34. The summed E-state index contributed by atoms with van der Waals surface area (Å²) in [5.41, 5.74) is 1.99. The minimum atomic E-state index is -0.396. The molecule has 4 N–H and O–H groups in total. The summed E-state index contributed by atoms with van der Waals surface area (Å²) in [4.78, 5) is 16.3. The maximum atomic E-state index is 12.1. The van der Waals surface area contributed by atoms with Crippen molar-refractivity contribution in [3.05, 3.63) is 23.5 Å². The largest absolute Gasteiger partial charge is 0.391 e. The van der Waals surface area contributed by atoms with Gasteiger partial charge in [-0.1, -0.05) is 0 Å². The number of amides is 1. The van der Waals surface area contributed by atoms with Crippen molar-refractivity contribution < 1.29 is 9.90 Å². The van der Waals surface area contributed by atoms with Gasteiger partial charge in [-0.3, -0.25) is 9.89 Å². The summed E-state index contributed by atoms with van der Waals surface area (Å²) in [6.45, 7) is 3.65. The van der Waals surface area contributed by atoms with Crippen molar-refractivity contribution in [2.24, 2.45) is 5.92 Å². The standard InChI is InChI=1S/C13H17N5O2.2ClH/c1-7-10-2-8(4-15-12(10)18-17-7)13(20)16-5-9-3-14-6-11(9)19;;/h2,4,9,11,14,19H,3,5-6H2,1H3,(H,16,20)(H,15,17,18);2*1H. The first-order valence-electron chi connectivity index (χ1n) is 6.63. The van der Waals surface area contributed by atoms with Gasteiger partial charge in [-0.15, -0.1) is 24.8 Å². The average Bonchev–Trinajstić information content (AvgIpc) is 3.03. The number of aryl methyl sites for hydroxylation is 1. The molecule has 1 amide bonds. The zero-order valence-corrected chi connectivity index (χ0v) is 13.6. The van der Waals surface area contributed by atoms with E-state index in [2.05, 4.69) is 25.8 Å². The molecular weight excluding hydrogens is 329 g/mol. The van der Waals surface area contributed by atoms with Crippen LogP contribution in [0.3, 0.4) is 0 Å². The summed E-state index contributed by atoms with van der Waals surface area (Å²) in [7, 11) is 0. The highest BCUT2D eigenvalue weighted by Crippen LogP contribution is 2.14. The van der Waals surface area contributed by atoms with Gasteiger partial charge in [0.15, 0.2) is 5.65 Å². The number of hydrogen-bond acceptors (Lipinski definition) is 5. The van der Waals surface area contributed by atoms with Crippen LogP contribution in [0.25, 0.3) is 11.0 Å². The van der Waals surface area contributed by atoms with E-state index in [9.17, 15) is 9.90 Å². The molecule has 1 fully saturated rings. The van der Waals surface area contributed by atoms with Gasteiger partial charge in [0, 0.05) is 42.8 Å². The number of aromatic nitrogens is 3. The highest BCUT2D eigenvalue weighted by atomic mass is 35.5. The number of aliphatic hydroxyl groups is 1. The van der Waals surface area contributed by atoms with Crippen LogP contribution in [0, 0.1) is 12.8 Å². The van der Waals surface area contributed by atoms with E-state index in [1.165, 1.54) is 6.20 Å². The van der Waals surface area contributed by atoms with Crippen LogP contribution < -0.4 is 10.6 Å². The molecule has 0 aliphatic carbocycles. The molecular formula is C13H19Cl2N5O2. The molecule has 0 saturated carbocycles. The smallest absolute Gasteiger partial charge is 0.252 e.